The summed E-state index contributed by atoms with van der Waals surface area (Å²) >= 11 is 0. The number of hydrogen-bond donors (Lipinski definition) is 2. The Kier molecular flexibility index (Phi) is 9.47. The lowest BCUT2D eigenvalue weighted by Gasteiger charge is -2.13. The molecule has 7 heteroatoms. The van der Waals surface area contributed by atoms with Crippen molar-refractivity contribution in [1.29, 1.82) is 0 Å². The summed E-state index contributed by atoms with van der Waals surface area (Å²) in [6, 6.07) is 5.25. The third-order valence-electron chi connectivity index (χ3n) is 2.70. The van der Waals surface area contributed by atoms with Crippen LogP contribution < -0.4 is 10.6 Å². The van der Waals surface area contributed by atoms with Crippen LogP contribution in [0.5, 0.6) is 0 Å². The third-order valence-corrected chi connectivity index (χ3v) is 2.70. The van der Waals surface area contributed by atoms with Crippen LogP contribution in [0.2, 0.25) is 0 Å². The van der Waals surface area contributed by atoms with Gasteiger partial charge in [-0.05, 0) is 30.5 Å². The second kappa shape index (κ2) is 9.91. The third kappa shape index (κ3) is 7.86. The maximum atomic E-state index is 12.6. The summed E-state index contributed by atoms with van der Waals surface area (Å²) < 4.78 is 37.9. The van der Waals surface area contributed by atoms with Gasteiger partial charge < -0.3 is 10.6 Å². The highest BCUT2D eigenvalue weighted by molar-refractivity contribution is 14.0. The minimum Gasteiger partial charge on any atom is -0.357 e. The van der Waals surface area contributed by atoms with E-state index >= 15 is 0 Å². The predicted molar refractivity (Wildman–Crippen MR) is 94.5 cm³/mol. The molecule has 2 N–H and O–H groups in total. The normalized spacial score (nSPS) is 12.0. The van der Waals surface area contributed by atoms with Crippen LogP contribution in [0.1, 0.15) is 31.9 Å². The Morgan fingerprint density at radius 2 is 1.91 bits per heavy atom. The minimum absolute atomic E-state index is 0. The number of nitrogens with zero attached hydrogens (tertiary/aromatic N) is 1. The van der Waals surface area contributed by atoms with Crippen molar-refractivity contribution in [3.63, 3.8) is 0 Å². The smallest absolute Gasteiger partial charge is 0.357 e. The van der Waals surface area contributed by atoms with Crippen LogP contribution in [0.3, 0.4) is 0 Å². The van der Waals surface area contributed by atoms with Crippen LogP contribution in [0.4, 0.5) is 13.2 Å². The van der Waals surface area contributed by atoms with Crippen molar-refractivity contribution in [2.45, 2.75) is 33.5 Å². The van der Waals surface area contributed by atoms with E-state index in [1.807, 2.05) is 6.92 Å². The van der Waals surface area contributed by atoms with Gasteiger partial charge in [0.05, 0.1) is 12.1 Å². The van der Waals surface area contributed by atoms with E-state index < -0.39 is 11.7 Å². The Morgan fingerprint density at radius 1 is 1.23 bits per heavy atom. The van der Waals surface area contributed by atoms with E-state index in [4.69, 9.17) is 0 Å². The lowest BCUT2D eigenvalue weighted by Crippen LogP contribution is -2.39. The molecule has 0 spiro atoms. The van der Waals surface area contributed by atoms with Gasteiger partial charge in [-0.1, -0.05) is 26.0 Å². The van der Waals surface area contributed by atoms with Crippen molar-refractivity contribution >= 4 is 29.9 Å². The van der Waals surface area contributed by atoms with Crippen molar-refractivity contribution in [3.05, 3.63) is 35.4 Å². The molecule has 0 atom stereocenters. The van der Waals surface area contributed by atoms with Crippen molar-refractivity contribution in [2.75, 3.05) is 13.1 Å². The van der Waals surface area contributed by atoms with Gasteiger partial charge in [0.25, 0.3) is 0 Å². The fourth-order valence-corrected chi connectivity index (χ4v) is 1.66. The quantitative estimate of drug-likeness (QED) is 0.421. The van der Waals surface area contributed by atoms with Gasteiger partial charge in [-0.25, -0.2) is 4.99 Å². The highest BCUT2D eigenvalue weighted by atomic mass is 127. The molecule has 1 aromatic carbocycles. The zero-order valence-electron chi connectivity index (χ0n) is 13.0. The Labute approximate surface area is 146 Å². The predicted octanol–water partition coefficient (Wildman–Crippen LogP) is 4.03. The van der Waals surface area contributed by atoms with Gasteiger partial charge in [0, 0.05) is 13.1 Å². The van der Waals surface area contributed by atoms with Crippen molar-refractivity contribution in [1.82, 2.24) is 10.6 Å². The Balaban J connectivity index is 0.00000441. The summed E-state index contributed by atoms with van der Waals surface area (Å²) in [7, 11) is 0. The highest BCUT2D eigenvalue weighted by Gasteiger charge is 2.30. The molecule has 0 amide bonds. The number of alkyl halides is 3. The molecule has 0 radical (unpaired) electrons. The second-order valence-corrected chi connectivity index (χ2v) is 5.17. The SMILES string of the molecule is CCNC(=NCc1cccc(C(F)(F)F)c1)NCC(C)C.I. The molecular formula is C15H23F3IN3. The van der Waals surface area contributed by atoms with E-state index in [1.165, 1.54) is 6.07 Å². The molecule has 0 saturated carbocycles. The van der Waals surface area contributed by atoms with E-state index in [2.05, 4.69) is 29.5 Å². The molecule has 0 aliphatic heterocycles. The number of nitrogens with one attached hydrogen (secondary N) is 2. The first kappa shape index (κ1) is 21.0. The van der Waals surface area contributed by atoms with Crippen LogP contribution in [-0.4, -0.2) is 19.0 Å². The summed E-state index contributed by atoms with van der Waals surface area (Å²) in [5.41, 5.74) is -0.109. The van der Waals surface area contributed by atoms with Gasteiger partial charge >= 0.3 is 6.18 Å². The standard InChI is InChI=1S/C15H22F3N3.HI/c1-4-19-14(20-9-11(2)3)21-10-12-6-5-7-13(8-12)15(16,17)18;/h5-8,11H,4,9-10H2,1-3H3,(H2,19,20,21);1H. The van der Waals surface area contributed by atoms with Gasteiger partial charge in [0.2, 0.25) is 0 Å². The number of benzene rings is 1. The first-order chi connectivity index (χ1) is 9.82. The topological polar surface area (TPSA) is 36.4 Å². The molecular weight excluding hydrogens is 406 g/mol. The molecule has 1 rings (SSSR count). The second-order valence-electron chi connectivity index (χ2n) is 5.17. The molecule has 0 heterocycles. The molecule has 1 aromatic rings. The molecule has 0 unspecified atom stereocenters. The summed E-state index contributed by atoms with van der Waals surface area (Å²) in [6.45, 7) is 7.75. The molecule has 0 aromatic heterocycles. The Bertz CT molecular complexity index is 473. The van der Waals surface area contributed by atoms with E-state index in [0.29, 0.717) is 24.0 Å². The number of rotatable bonds is 5. The van der Waals surface area contributed by atoms with Crippen molar-refractivity contribution in [2.24, 2.45) is 10.9 Å². The van der Waals surface area contributed by atoms with Crippen LogP contribution in [0.15, 0.2) is 29.3 Å². The molecule has 3 nitrogen and oxygen atoms in total. The molecule has 126 valence electrons. The number of hydrogen-bond acceptors (Lipinski definition) is 1. The average Bonchev–Trinajstić information content (AvgIpc) is 2.41. The first-order valence-corrected chi connectivity index (χ1v) is 7.01. The summed E-state index contributed by atoms with van der Waals surface area (Å²) in [5, 5.41) is 6.22. The number of aliphatic imine (C=N–C) groups is 1. The lowest BCUT2D eigenvalue weighted by molar-refractivity contribution is -0.137. The fourth-order valence-electron chi connectivity index (χ4n) is 1.66. The van der Waals surface area contributed by atoms with E-state index in [9.17, 15) is 13.2 Å². The van der Waals surface area contributed by atoms with Gasteiger partial charge in [0.15, 0.2) is 5.96 Å². The van der Waals surface area contributed by atoms with Crippen LogP contribution in [-0.2, 0) is 12.7 Å². The number of guanidine groups is 1. The zero-order valence-corrected chi connectivity index (χ0v) is 15.3. The monoisotopic (exact) mass is 429 g/mol. The molecule has 0 saturated heterocycles. The highest BCUT2D eigenvalue weighted by Crippen LogP contribution is 2.29. The Morgan fingerprint density at radius 3 is 2.45 bits per heavy atom. The van der Waals surface area contributed by atoms with Crippen LogP contribution >= 0.6 is 24.0 Å². The summed E-state index contributed by atoms with van der Waals surface area (Å²) in [5.74, 6) is 1.08. The minimum atomic E-state index is -4.32. The van der Waals surface area contributed by atoms with Crippen LogP contribution in [0.25, 0.3) is 0 Å². The molecule has 0 fully saturated rings. The summed E-state index contributed by atoms with van der Waals surface area (Å²) in [6.07, 6.45) is -4.32. The van der Waals surface area contributed by atoms with Crippen LogP contribution in [0, 0.1) is 5.92 Å². The molecule has 22 heavy (non-hydrogen) atoms. The van der Waals surface area contributed by atoms with Crippen molar-refractivity contribution < 1.29 is 13.2 Å². The van der Waals surface area contributed by atoms with E-state index in [1.54, 1.807) is 6.07 Å². The number of halogens is 4. The zero-order chi connectivity index (χ0) is 15.9. The molecule has 0 bridgehead atoms. The van der Waals surface area contributed by atoms with E-state index in [-0.39, 0.29) is 30.5 Å². The van der Waals surface area contributed by atoms with Crippen molar-refractivity contribution in [3.8, 4) is 0 Å². The lowest BCUT2D eigenvalue weighted by atomic mass is 10.1. The van der Waals surface area contributed by atoms with E-state index in [0.717, 1.165) is 18.7 Å². The van der Waals surface area contributed by atoms with Gasteiger partial charge in [-0.3, -0.25) is 0 Å². The Hall–Kier alpha value is -0.990. The summed E-state index contributed by atoms with van der Waals surface area (Å²) in [4.78, 5) is 4.31. The largest absolute Gasteiger partial charge is 0.416 e. The van der Waals surface area contributed by atoms with Gasteiger partial charge in [-0.2, -0.15) is 13.2 Å². The van der Waals surface area contributed by atoms with Gasteiger partial charge in [0.1, 0.15) is 0 Å². The first-order valence-electron chi connectivity index (χ1n) is 7.01. The maximum Gasteiger partial charge on any atom is 0.416 e. The van der Waals surface area contributed by atoms with Gasteiger partial charge in [-0.15, -0.1) is 24.0 Å². The molecule has 0 aliphatic rings. The maximum absolute atomic E-state index is 12.6. The fraction of sp³-hybridized carbons (Fsp3) is 0.533. The average molecular weight is 429 g/mol. The molecule has 0 aliphatic carbocycles.